The number of carbonyl (C=O) groups is 1. The number of nitrogens with zero attached hydrogens (tertiary/aromatic N) is 4. The highest BCUT2D eigenvalue weighted by Crippen LogP contribution is 2.38. The molecule has 0 saturated carbocycles. The summed E-state index contributed by atoms with van der Waals surface area (Å²) < 4.78 is 44.8. The molecule has 2 aromatic carbocycles. The van der Waals surface area contributed by atoms with Gasteiger partial charge in [0.2, 0.25) is 5.91 Å². The first kappa shape index (κ1) is 22.2. The highest BCUT2D eigenvalue weighted by atomic mass is 35.5. The van der Waals surface area contributed by atoms with Crippen molar-refractivity contribution in [3.63, 3.8) is 0 Å². The lowest BCUT2D eigenvalue weighted by Gasteiger charge is -2.36. The molecule has 3 heterocycles. The molecule has 34 heavy (non-hydrogen) atoms. The maximum Gasteiger partial charge on any atom is 0.246 e. The molecule has 0 atom stereocenters. The zero-order valence-electron chi connectivity index (χ0n) is 17.9. The van der Waals surface area contributed by atoms with Crippen LogP contribution >= 0.6 is 11.6 Å². The van der Waals surface area contributed by atoms with Crippen LogP contribution < -0.4 is 4.90 Å². The van der Waals surface area contributed by atoms with Gasteiger partial charge in [0.25, 0.3) is 0 Å². The van der Waals surface area contributed by atoms with Gasteiger partial charge >= 0.3 is 0 Å². The van der Waals surface area contributed by atoms with E-state index in [1.165, 1.54) is 18.3 Å². The van der Waals surface area contributed by atoms with Crippen molar-refractivity contribution in [1.82, 2.24) is 14.9 Å². The van der Waals surface area contributed by atoms with Crippen LogP contribution in [-0.2, 0) is 4.79 Å². The molecule has 0 radical (unpaired) electrons. The monoisotopic (exact) mass is 482 g/mol. The average Bonchev–Trinajstić information content (AvgIpc) is 2.86. The molecule has 5 rings (SSSR count). The summed E-state index contributed by atoms with van der Waals surface area (Å²) in [5.74, 6) is -2.19. The smallest absolute Gasteiger partial charge is 0.246 e. The number of anilines is 1. The van der Waals surface area contributed by atoms with Gasteiger partial charge in [-0.1, -0.05) is 42.4 Å². The average molecular weight is 483 g/mol. The standard InChI is InChI=1S/C25H18ClF3N4O/c1-2-19(34)32-8-10-33(11-9-32)25-16-12-30-23(22(29)24(16)31-13-18(25)28)15-5-3-4-14-6-7-17(27)21(26)20(14)15/h2-7,12-13H,1,8-11H2. The molecule has 9 heteroatoms. The molecular weight excluding hydrogens is 465 g/mol. The number of piperazine rings is 1. The zero-order chi connectivity index (χ0) is 24.0. The van der Waals surface area contributed by atoms with E-state index in [1.54, 1.807) is 34.1 Å². The van der Waals surface area contributed by atoms with Crippen LogP contribution in [-0.4, -0.2) is 47.0 Å². The SMILES string of the molecule is C=CC(=O)N1CCN(c2c(F)cnc3c(F)c(-c4cccc5ccc(F)c(Cl)c45)ncc23)CC1. The third-order valence-corrected chi connectivity index (χ3v) is 6.42. The van der Waals surface area contributed by atoms with E-state index < -0.39 is 17.5 Å². The normalized spacial score (nSPS) is 14.1. The molecule has 5 nitrogen and oxygen atoms in total. The summed E-state index contributed by atoms with van der Waals surface area (Å²) in [6.45, 7) is 4.96. The van der Waals surface area contributed by atoms with E-state index in [0.717, 1.165) is 6.20 Å². The lowest BCUT2D eigenvalue weighted by Crippen LogP contribution is -2.48. The van der Waals surface area contributed by atoms with E-state index >= 15 is 4.39 Å². The van der Waals surface area contributed by atoms with Crippen LogP contribution in [0.2, 0.25) is 5.02 Å². The topological polar surface area (TPSA) is 49.3 Å². The van der Waals surface area contributed by atoms with Crippen molar-refractivity contribution in [2.75, 3.05) is 31.1 Å². The second-order valence-corrected chi connectivity index (χ2v) is 8.30. The lowest BCUT2D eigenvalue weighted by molar-refractivity contribution is -0.126. The van der Waals surface area contributed by atoms with Crippen molar-refractivity contribution in [3.05, 3.63) is 77.9 Å². The van der Waals surface area contributed by atoms with E-state index in [1.807, 2.05) is 0 Å². The third kappa shape index (κ3) is 3.54. The minimum atomic E-state index is -0.757. The maximum absolute atomic E-state index is 15.7. The van der Waals surface area contributed by atoms with Gasteiger partial charge in [0, 0.05) is 48.7 Å². The third-order valence-electron chi connectivity index (χ3n) is 6.05. The van der Waals surface area contributed by atoms with Gasteiger partial charge in [0.1, 0.15) is 17.0 Å². The van der Waals surface area contributed by atoms with Gasteiger partial charge in [-0.2, -0.15) is 0 Å². The number of hydrogen-bond acceptors (Lipinski definition) is 4. The minimum Gasteiger partial charge on any atom is -0.365 e. The van der Waals surface area contributed by atoms with Gasteiger partial charge in [-0.3, -0.25) is 9.78 Å². The Balaban J connectivity index is 1.62. The Bertz CT molecular complexity index is 1470. The fourth-order valence-electron chi connectivity index (χ4n) is 4.38. The van der Waals surface area contributed by atoms with Gasteiger partial charge in [-0.15, -0.1) is 0 Å². The Hall–Kier alpha value is -3.65. The molecule has 1 fully saturated rings. The predicted molar refractivity (Wildman–Crippen MR) is 126 cm³/mol. The van der Waals surface area contributed by atoms with Crippen molar-refractivity contribution in [2.24, 2.45) is 0 Å². The highest BCUT2D eigenvalue weighted by Gasteiger charge is 2.26. The Morgan fingerprint density at radius 1 is 1.00 bits per heavy atom. The number of halogens is 4. The molecule has 2 aromatic heterocycles. The summed E-state index contributed by atoms with van der Waals surface area (Å²) in [6.07, 6.45) is 3.58. The van der Waals surface area contributed by atoms with Gasteiger partial charge in [0.05, 0.1) is 16.9 Å². The van der Waals surface area contributed by atoms with Crippen LogP contribution in [0, 0.1) is 17.5 Å². The predicted octanol–water partition coefficient (Wildman–Crippen LogP) is 5.36. The number of fused-ring (bicyclic) bond motifs is 2. The first-order chi connectivity index (χ1) is 16.4. The summed E-state index contributed by atoms with van der Waals surface area (Å²) >= 11 is 6.21. The second-order valence-electron chi connectivity index (χ2n) is 7.92. The number of aromatic nitrogens is 2. The van der Waals surface area contributed by atoms with E-state index in [0.29, 0.717) is 42.5 Å². The van der Waals surface area contributed by atoms with Crippen LogP contribution in [0.1, 0.15) is 0 Å². The van der Waals surface area contributed by atoms with E-state index in [2.05, 4.69) is 16.5 Å². The summed E-state index contributed by atoms with van der Waals surface area (Å²) in [5.41, 5.74) is 0.369. The number of amides is 1. The zero-order valence-corrected chi connectivity index (χ0v) is 18.6. The number of hydrogen-bond donors (Lipinski definition) is 0. The van der Waals surface area contributed by atoms with Gasteiger partial charge in [-0.05, 0) is 17.5 Å². The molecule has 1 amide bonds. The first-order valence-corrected chi connectivity index (χ1v) is 10.9. The summed E-state index contributed by atoms with van der Waals surface area (Å²) in [7, 11) is 0. The van der Waals surface area contributed by atoms with E-state index in [4.69, 9.17) is 11.6 Å². The Morgan fingerprint density at radius 2 is 1.76 bits per heavy atom. The van der Waals surface area contributed by atoms with Crippen molar-refractivity contribution in [3.8, 4) is 11.3 Å². The molecule has 0 N–H and O–H groups in total. The molecule has 0 unspecified atom stereocenters. The number of carbonyl (C=O) groups excluding carboxylic acids is 1. The molecule has 1 saturated heterocycles. The van der Waals surface area contributed by atoms with Crippen molar-refractivity contribution >= 4 is 44.9 Å². The molecular formula is C25H18ClF3N4O. The molecule has 1 aliphatic heterocycles. The van der Waals surface area contributed by atoms with Gasteiger partial charge < -0.3 is 9.80 Å². The van der Waals surface area contributed by atoms with E-state index in [-0.39, 0.29) is 33.2 Å². The number of benzene rings is 2. The molecule has 0 aliphatic carbocycles. The number of rotatable bonds is 3. The van der Waals surface area contributed by atoms with Crippen molar-refractivity contribution < 1.29 is 18.0 Å². The molecule has 1 aliphatic rings. The fourth-order valence-corrected chi connectivity index (χ4v) is 4.66. The summed E-state index contributed by atoms with van der Waals surface area (Å²) in [5, 5.41) is 1.04. The van der Waals surface area contributed by atoms with Crippen LogP contribution in [0.5, 0.6) is 0 Å². The van der Waals surface area contributed by atoms with Crippen LogP contribution in [0.25, 0.3) is 32.9 Å². The van der Waals surface area contributed by atoms with Gasteiger partial charge in [-0.25, -0.2) is 18.2 Å². The van der Waals surface area contributed by atoms with E-state index in [9.17, 15) is 13.6 Å². The minimum absolute atomic E-state index is 0.0583. The van der Waals surface area contributed by atoms with Crippen molar-refractivity contribution in [1.29, 1.82) is 0 Å². The van der Waals surface area contributed by atoms with Crippen LogP contribution in [0.15, 0.2) is 55.4 Å². The lowest BCUT2D eigenvalue weighted by atomic mass is 10.00. The second kappa shape index (κ2) is 8.61. The molecule has 0 bridgehead atoms. The fraction of sp³-hybridized carbons (Fsp3) is 0.160. The Labute approximate surface area is 198 Å². The Morgan fingerprint density at radius 3 is 2.50 bits per heavy atom. The van der Waals surface area contributed by atoms with Crippen molar-refractivity contribution in [2.45, 2.75) is 0 Å². The highest BCUT2D eigenvalue weighted by molar-refractivity contribution is 6.36. The Kier molecular flexibility index (Phi) is 5.61. The van der Waals surface area contributed by atoms with Crippen LogP contribution in [0.4, 0.5) is 18.9 Å². The molecule has 0 spiro atoms. The first-order valence-electron chi connectivity index (χ1n) is 10.6. The summed E-state index contributed by atoms with van der Waals surface area (Å²) in [4.78, 5) is 23.5. The van der Waals surface area contributed by atoms with Crippen LogP contribution in [0.3, 0.4) is 0 Å². The molecule has 4 aromatic rings. The summed E-state index contributed by atoms with van der Waals surface area (Å²) in [6, 6.07) is 7.85. The quantitative estimate of drug-likeness (QED) is 0.369. The molecule has 172 valence electrons. The largest absolute Gasteiger partial charge is 0.365 e. The number of pyridine rings is 2. The van der Waals surface area contributed by atoms with Gasteiger partial charge in [0.15, 0.2) is 11.6 Å². The maximum atomic E-state index is 15.7.